The van der Waals surface area contributed by atoms with Crippen LogP contribution in [0.4, 0.5) is 0 Å². The third-order valence-corrected chi connectivity index (χ3v) is 5.75. The van der Waals surface area contributed by atoms with Crippen LogP contribution in [0.2, 0.25) is 5.02 Å². The highest BCUT2D eigenvalue weighted by molar-refractivity contribution is 6.30. The van der Waals surface area contributed by atoms with Crippen molar-refractivity contribution in [1.29, 1.82) is 0 Å². The SMILES string of the molecule is O=C(Cn1nc(-c2ccc(Cl)cc2)ccc1=O)NC1CCN(Cc2ccccc2)CC1. The van der Waals surface area contributed by atoms with Crippen LogP contribution in [-0.4, -0.2) is 39.7 Å². The molecule has 160 valence electrons. The summed E-state index contributed by atoms with van der Waals surface area (Å²) in [6.45, 7) is 2.71. The summed E-state index contributed by atoms with van der Waals surface area (Å²) >= 11 is 5.93. The smallest absolute Gasteiger partial charge is 0.267 e. The fourth-order valence-electron chi connectivity index (χ4n) is 3.82. The molecular weight excluding hydrogens is 412 g/mol. The van der Waals surface area contributed by atoms with Crippen molar-refractivity contribution >= 4 is 17.5 Å². The number of nitrogens with one attached hydrogen (secondary N) is 1. The summed E-state index contributed by atoms with van der Waals surface area (Å²) in [5.41, 5.74) is 2.46. The van der Waals surface area contributed by atoms with Gasteiger partial charge < -0.3 is 5.32 Å². The van der Waals surface area contributed by atoms with Crippen LogP contribution in [0.5, 0.6) is 0 Å². The summed E-state index contributed by atoms with van der Waals surface area (Å²) in [4.78, 5) is 27.2. The number of hydrogen-bond acceptors (Lipinski definition) is 4. The fourth-order valence-corrected chi connectivity index (χ4v) is 3.95. The number of aromatic nitrogens is 2. The van der Waals surface area contributed by atoms with Crippen molar-refractivity contribution in [3.05, 3.63) is 87.7 Å². The zero-order valence-corrected chi connectivity index (χ0v) is 18.0. The maximum Gasteiger partial charge on any atom is 0.267 e. The summed E-state index contributed by atoms with van der Waals surface area (Å²) in [6, 6.07) is 20.8. The Hall–Kier alpha value is -2.96. The minimum atomic E-state index is -0.300. The monoisotopic (exact) mass is 436 g/mol. The molecule has 1 amide bonds. The largest absolute Gasteiger partial charge is 0.352 e. The molecule has 1 saturated heterocycles. The number of rotatable bonds is 6. The average Bonchev–Trinajstić information content (AvgIpc) is 2.78. The molecule has 7 heteroatoms. The highest BCUT2D eigenvalue weighted by atomic mass is 35.5. The summed E-state index contributed by atoms with van der Waals surface area (Å²) in [6.07, 6.45) is 1.79. The first-order valence-electron chi connectivity index (χ1n) is 10.5. The normalized spacial score (nSPS) is 15.0. The first kappa shape index (κ1) is 21.3. The van der Waals surface area contributed by atoms with E-state index in [0.717, 1.165) is 38.0 Å². The molecule has 2 aromatic carbocycles. The van der Waals surface area contributed by atoms with Crippen molar-refractivity contribution in [2.24, 2.45) is 0 Å². The van der Waals surface area contributed by atoms with Crippen LogP contribution >= 0.6 is 11.6 Å². The number of nitrogens with zero attached hydrogens (tertiary/aromatic N) is 3. The second-order valence-corrected chi connectivity index (χ2v) is 8.26. The molecule has 1 aromatic heterocycles. The minimum Gasteiger partial charge on any atom is -0.352 e. The Morgan fingerprint density at radius 1 is 1.00 bits per heavy atom. The first-order valence-corrected chi connectivity index (χ1v) is 10.8. The summed E-state index contributed by atoms with van der Waals surface area (Å²) in [5, 5.41) is 8.05. The van der Waals surface area contributed by atoms with Gasteiger partial charge in [0.1, 0.15) is 6.54 Å². The van der Waals surface area contributed by atoms with Gasteiger partial charge in [-0.25, -0.2) is 4.68 Å². The lowest BCUT2D eigenvalue weighted by Gasteiger charge is -2.32. The van der Waals surface area contributed by atoms with E-state index in [1.54, 1.807) is 18.2 Å². The van der Waals surface area contributed by atoms with E-state index in [4.69, 9.17) is 11.6 Å². The Morgan fingerprint density at radius 2 is 1.71 bits per heavy atom. The molecule has 0 bridgehead atoms. The maximum absolute atomic E-state index is 12.6. The zero-order chi connectivity index (χ0) is 21.6. The summed E-state index contributed by atoms with van der Waals surface area (Å²) in [5.74, 6) is -0.190. The van der Waals surface area contributed by atoms with Crippen molar-refractivity contribution < 1.29 is 4.79 Å². The van der Waals surface area contributed by atoms with Crippen molar-refractivity contribution in [2.75, 3.05) is 13.1 Å². The molecule has 0 spiro atoms. The van der Waals surface area contributed by atoms with E-state index in [1.165, 1.54) is 16.3 Å². The van der Waals surface area contributed by atoms with Crippen molar-refractivity contribution in [2.45, 2.75) is 32.0 Å². The van der Waals surface area contributed by atoms with Gasteiger partial charge in [-0.2, -0.15) is 5.10 Å². The number of carbonyl (C=O) groups is 1. The topological polar surface area (TPSA) is 67.2 Å². The van der Waals surface area contributed by atoms with Gasteiger partial charge in [-0.15, -0.1) is 0 Å². The lowest BCUT2D eigenvalue weighted by Crippen LogP contribution is -2.46. The van der Waals surface area contributed by atoms with Crippen LogP contribution in [0.25, 0.3) is 11.3 Å². The molecule has 1 aliphatic rings. The second-order valence-electron chi connectivity index (χ2n) is 7.82. The van der Waals surface area contributed by atoms with E-state index in [2.05, 4.69) is 39.6 Å². The van der Waals surface area contributed by atoms with Gasteiger partial charge in [-0.3, -0.25) is 14.5 Å². The van der Waals surface area contributed by atoms with Crippen molar-refractivity contribution in [1.82, 2.24) is 20.0 Å². The standard InChI is InChI=1S/C24H25ClN4O2/c25-20-8-6-19(7-9-20)22-10-11-24(31)29(27-22)17-23(30)26-21-12-14-28(15-13-21)16-18-4-2-1-3-5-18/h1-11,21H,12-17H2,(H,26,30). The number of hydrogen-bond donors (Lipinski definition) is 1. The van der Waals surface area contributed by atoms with E-state index in [9.17, 15) is 9.59 Å². The van der Waals surface area contributed by atoms with Crippen LogP contribution in [0.15, 0.2) is 71.5 Å². The predicted octanol–water partition coefficient (Wildman–Crippen LogP) is 3.34. The highest BCUT2D eigenvalue weighted by Crippen LogP contribution is 2.18. The first-order chi connectivity index (χ1) is 15.1. The van der Waals surface area contributed by atoms with E-state index >= 15 is 0 Å². The quantitative estimate of drug-likeness (QED) is 0.643. The fraction of sp³-hybridized carbons (Fsp3) is 0.292. The zero-order valence-electron chi connectivity index (χ0n) is 17.2. The summed E-state index contributed by atoms with van der Waals surface area (Å²) < 4.78 is 1.21. The lowest BCUT2D eigenvalue weighted by atomic mass is 10.0. The van der Waals surface area contributed by atoms with Gasteiger partial charge in [-0.1, -0.05) is 54.1 Å². The van der Waals surface area contributed by atoms with E-state index in [1.807, 2.05) is 18.2 Å². The van der Waals surface area contributed by atoms with Crippen molar-refractivity contribution in [3.63, 3.8) is 0 Å². The number of carbonyl (C=O) groups excluding carboxylic acids is 1. The lowest BCUT2D eigenvalue weighted by molar-refractivity contribution is -0.122. The molecule has 0 unspecified atom stereocenters. The van der Waals surface area contributed by atoms with Crippen molar-refractivity contribution in [3.8, 4) is 11.3 Å². The Bertz CT molecular complexity index is 1070. The van der Waals surface area contributed by atoms with Gasteiger partial charge in [0.2, 0.25) is 5.91 Å². The number of piperidine rings is 1. The van der Waals surface area contributed by atoms with Gasteiger partial charge in [0.25, 0.3) is 5.56 Å². The molecule has 4 rings (SSSR count). The van der Waals surface area contributed by atoms with Gasteiger partial charge in [0.05, 0.1) is 5.69 Å². The molecule has 3 aromatic rings. The van der Waals surface area contributed by atoms with Crippen LogP contribution in [0, 0.1) is 0 Å². The van der Waals surface area contributed by atoms with Gasteiger partial charge in [-0.05, 0) is 36.6 Å². The number of amides is 1. The molecule has 1 fully saturated rings. The predicted molar refractivity (Wildman–Crippen MR) is 122 cm³/mol. The molecule has 0 atom stereocenters. The van der Waals surface area contributed by atoms with E-state index < -0.39 is 0 Å². The highest BCUT2D eigenvalue weighted by Gasteiger charge is 2.21. The van der Waals surface area contributed by atoms with Gasteiger partial charge in [0, 0.05) is 42.3 Å². The number of benzene rings is 2. The van der Waals surface area contributed by atoms with Gasteiger partial charge in [0.15, 0.2) is 0 Å². The molecule has 0 saturated carbocycles. The molecule has 31 heavy (non-hydrogen) atoms. The Balaban J connectivity index is 1.31. The van der Waals surface area contributed by atoms with Gasteiger partial charge >= 0.3 is 0 Å². The third kappa shape index (κ3) is 5.81. The molecule has 1 aliphatic heterocycles. The van der Waals surface area contributed by atoms with Crippen LogP contribution in [0.3, 0.4) is 0 Å². The van der Waals surface area contributed by atoms with E-state index in [-0.39, 0.29) is 24.1 Å². The average molecular weight is 437 g/mol. The van der Waals surface area contributed by atoms with Crippen LogP contribution < -0.4 is 10.9 Å². The molecule has 0 radical (unpaired) electrons. The molecule has 1 N–H and O–H groups in total. The number of halogens is 1. The number of likely N-dealkylation sites (tertiary alicyclic amines) is 1. The molecule has 0 aliphatic carbocycles. The van der Waals surface area contributed by atoms with Crippen LogP contribution in [-0.2, 0) is 17.9 Å². The Labute approximate surface area is 186 Å². The van der Waals surface area contributed by atoms with Crippen LogP contribution in [0.1, 0.15) is 18.4 Å². The molecule has 6 nitrogen and oxygen atoms in total. The Kier molecular flexibility index (Phi) is 6.79. The molecule has 2 heterocycles. The van der Waals surface area contributed by atoms with E-state index in [0.29, 0.717) is 10.7 Å². The third-order valence-electron chi connectivity index (χ3n) is 5.50. The summed E-state index contributed by atoms with van der Waals surface area (Å²) in [7, 11) is 0. The Morgan fingerprint density at radius 3 is 2.42 bits per heavy atom. The second kappa shape index (κ2) is 9.90. The molecular formula is C24H25ClN4O2. The maximum atomic E-state index is 12.6. The minimum absolute atomic E-state index is 0.0928.